The Morgan fingerprint density at radius 2 is 2.00 bits per heavy atom. The van der Waals surface area contributed by atoms with Gasteiger partial charge in [0, 0.05) is 17.8 Å². The first-order chi connectivity index (χ1) is 10.6. The summed E-state index contributed by atoms with van der Waals surface area (Å²) in [4.78, 5) is 5.63. The molecular weight excluding hydrogens is 421 g/mol. The van der Waals surface area contributed by atoms with Crippen molar-refractivity contribution in [2.45, 2.75) is 20.3 Å². The number of aliphatic imine (C=N–C) groups is 1. The second-order valence-corrected chi connectivity index (χ2v) is 6.23. The monoisotopic (exact) mass is 445 g/mol. The lowest BCUT2D eigenvalue weighted by Crippen LogP contribution is -2.34. The van der Waals surface area contributed by atoms with Gasteiger partial charge in [-0.05, 0) is 48.6 Å². The maximum Gasteiger partial charge on any atom is 0.188 e. The van der Waals surface area contributed by atoms with E-state index in [0.29, 0.717) is 25.7 Å². The van der Waals surface area contributed by atoms with Crippen molar-refractivity contribution in [2.75, 3.05) is 19.7 Å². The van der Waals surface area contributed by atoms with Crippen molar-refractivity contribution in [3.8, 4) is 5.75 Å². The molecule has 1 aromatic heterocycles. The zero-order valence-corrected chi connectivity index (χ0v) is 16.7. The average Bonchev–Trinajstić information content (AvgIpc) is 2.96. The van der Waals surface area contributed by atoms with E-state index in [1.54, 1.807) is 11.3 Å². The summed E-state index contributed by atoms with van der Waals surface area (Å²) in [5.41, 5.74) is 8.24. The van der Waals surface area contributed by atoms with E-state index in [4.69, 9.17) is 10.5 Å². The molecule has 0 bridgehead atoms. The molecule has 0 saturated heterocycles. The molecule has 0 fully saturated rings. The summed E-state index contributed by atoms with van der Waals surface area (Å²) < 4.78 is 5.71. The predicted molar refractivity (Wildman–Crippen MR) is 109 cm³/mol. The summed E-state index contributed by atoms with van der Waals surface area (Å²) in [5, 5.41) is 5.14. The molecule has 0 unspecified atom stereocenters. The van der Waals surface area contributed by atoms with Crippen LogP contribution >= 0.6 is 35.3 Å². The van der Waals surface area contributed by atoms with Crippen LogP contribution in [0.1, 0.15) is 16.0 Å². The molecule has 0 atom stereocenters. The molecule has 1 heterocycles. The lowest BCUT2D eigenvalue weighted by atomic mass is 10.1. The van der Waals surface area contributed by atoms with Crippen molar-refractivity contribution >= 4 is 41.3 Å². The fraction of sp³-hybridized carbons (Fsp3) is 0.353. The van der Waals surface area contributed by atoms with Crippen molar-refractivity contribution in [3.05, 3.63) is 51.7 Å². The molecule has 3 N–H and O–H groups in total. The maximum absolute atomic E-state index is 5.83. The van der Waals surface area contributed by atoms with Crippen LogP contribution in [0.15, 0.2) is 40.7 Å². The fourth-order valence-electron chi connectivity index (χ4n) is 2.16. The number of nitrogens with zero attached hydrogens (tertiary/aromatic N) is 1. The third kappa shape index (κ3) is 7.69. The van der Waals surface area contributed by atoms with Gasteiger partial charge in [0.1, 0.15) is 12.4 Å². The minimum atomic E-state index is 0. The van der Waals surface area contributed by atoms with Gasteiger partial charge in [-0.3, -0.25) is 4.99 Å². The lowest BCUT2D eigenvalue weighted by molar-refractivity contribution is 0.322. The van der Waals surface area contributed by atoms with Gasteiger partial charge in [-0.2, -0.15) is 0 Å². The van der Waals surface area contributed by atoms with E-state index >= 15 is 0 Å². The maximum atomic E-state index is 5.83. The van der Waals surface area contributed by atoms with Crippen LogP contribution in [-0.4, -0.2) is 25.7 Å². The Morgan fingerprint density at radius 1 is 1.26 bits per heavy atom. The van der Waals surface area contributed by atoms with Gasteiger partial charge in [0.2, 0.25) is 0 Å². The van der Waals surface area contributed by atoms with Gasteiger partial charge < -0.3 is 15.8 Å². The van der Waals surface area contributed by atoms with Gasteiger partial charge in [0.05, 0.1) is 6.54 Å². The highest BCUT2D eigenvalue weighted by Crippen LogP contribution is 2.15. The second-order valence-electron chi connectivity index (χ2n) is 5.19. The molecule has 0 radical (unpaired) electrons. The van der Waals surface area contributed by atoms with Gasteiger partial charge in [0.15, 0.2) is 5.96 Å². The van der Waals surface area contributed by atoms with Crippen LogP contribution < -0.4 is 15.8 Å². The summed E-state index contributed by atoms with van der Waals surface area (Å²) in [5.74, 6) is 1.37. The molecule has 1 aromatic carbocycles. The first-order valence-electron chi connectivity index (χ1n) is 7.41. The van der Waals surface area contributed by atoms with Crippen molar-refractivity contribution in [2.24, 2.45) is 10.7 Å². The van der Waals surface area contributed by atoms with E-state index in [1.165, 1.54) is 16.0 Å². The Kier molecular flexibility index (Phi) is 9.01. The lowest BCUT2D eigenvalue weighted by Gasteiger charge is -2.09. The minimum absolute atomic E-state index is 0. The van der Waals surface area contributed by atoms with Crippen molar-refractivity contribution in [1.82, 2.24) is 5.32 Å². The molecule has 2 aromatic rings. The van der Waals surface area contributed by atoms with E-state index in [9.17, 15) is 0 Å². The normalized spacial score (nSPS) is 11.0. The molecule has 0 saturated carbocycles. The summed E-state index contributed by atoms with van der Waals surface area (Å²) in [6.07, 6.45) is 0.930. The molecule has 23 heavy (non-hydrogen) atoms. The van der Waals surface area contributed by atoms with Crippen molar-refractivity contribution in [3.63, 3.8) is 0 Å². The predicted octanol–water partition coefficient (Wildman–Crippen LogP) is 3.51. The number of ether oxygens (including phenoxy) is 1. The van der Waals surface area contributed by atoms with Gasteiger partial charge in [-0.1, -0.05) is 12.1 Å². The summed E-state index contributed by atoms with van der Waals surface area (Å²) in [6.45, 7) is 6.04. The molecule has 0 spiro atoms. The molecule has 0 aliphatic carbocycles. The van der Waals surface area contributed by atoms with Crippen LogP contribution in [0, 0.1) is 13.8 Å². The molecule has 0 aliphatic rings. The smallest absolute Gasteiger partial charge is 0.188 e. The SMILES string of the molecule is Cc1cc(C)cc(OCCNC(N)=NCCc2cccs2)c1.I. The minimum Gasteiger partial charge on any atom is -0.492 e. The second kappa shape index (κ2) is 10.5. The van der Waals surface area contributed by atoms with Crippen LogP contribution in [0.25, 0.3) is 0 Å². The number of aryl methyl sites for hydroxylation is 2. The van der Waals surface area contributed by atoms with E-state index in [1.807, 2.05) is 12.1 Å². The molecule has 126 valence electrons. The molecule has 0 amide bonds. The van der Waals surface area contributed by atoms with E-state index in [-0.39, 0.29) is 24.0 Å². The van der Waals surface area contributed by atoms with E-state index in [0.717, 1.165) is 12.2 Å². The quantitative estimate of drug-likeness (QED) is 0.297. The highest BCUT2D eigenvalue weighted by atomic mass is 127. The van der Waals surface area contributed by atoms with Gasteiger partial charge in [-0.25, -0.2) is 0 Å². The van der Waals surface area contributed by atoms with E-state index < -0.39 is 0 Å². The Morgan fingerprint density at radius 3 is 2.65 bits per heavy atom. The molecule has 4 nitrogen and oxygen atoms in total. The Hall–Kier alpha value is -1.28. The fourth-order valence-corrected chi connectivity index (χ4v) is 2.86. The van der Waals surface area contributed by atoms with Gasteiger partial charge >= 0.3 is 0 Å². The van der Waals surface area contributed by atoms with Gasteiger partial charge in [0.25, 0.3) is 0 Å². The highest BCUT2D eigenvalue weighted by Gasteiger charge is 1.98. The van der Waals surface area contributed by atoms with Crippen LogP contribution in [0.3, 0.4) is 0 Å². The van der Waals surface area contributed by atoms with Crippen LogP contribution in [-0.2, 0) is 6.42 Å². The topological polar surface area (TPSA) is 59.6 Å². The third-order valence-electron chi connectivity index (χ3n) is 3.09. The van der Waals surface area contributed by atoms with Crippen LogP contribution in [0.4, 0.5) is 0 Å². The zero-order valence-electron chi connectivity index (χ0n) is 13.5. The van der Waals surface area contributed by atoms with Crippen molar-refractivity contribution in [1.29, 1.82) is 0 Å². The summed E-state index contributed by atoms with van der Waals surface area (Å²) >= 11 is 1.75. The van der Waals surface area contributed by atoms with Gasteiger partial charge in [-0.15, -0.1) is 35.3 Å². The molecular formula is C17H24IN3OS. The number of nitrogens with one attached hydrogen (secondary N) is 1. The highest BCUT2D eigenvalue weighted by molar-refractivity contribution is 14.0. The average molecular weight is 445 g/mol. The van der Waals surface area contributed by atoms with E-state index in [2.05, 4.69) is 47.7 Å². The first kappa shape index (κ1) is 19.8. The number of nitrogens with two attached hydrogens (primary N) is 1. The summed E-state index contributed by atoms with van der Waals surface area (Å²) in [7, 11) is 0. The molecule has 2 rings (SSSR count). The summed E-state index contributed by atoms with van der Waals surface area (Å²) in [6, 6.07) is 10.4. The number of benzene rings is 1. The van der Waals surface area contributed by atoms with Crippen LogP contribution in [0.5, 0.6) is 5.75 Å². The largest absolute Gasteiger partial charge is 0.492 e. The molecule has 6 heteroatoms. The number of hydrogen-bond donors (Lipinski definition) is 2. The number of guanidine groups is 1. The third-order valence-corrected chi connectivity index (χ3v) is 4.03. The number of thiophene rings is 1. The zero-order chi connectivity index (χ0) is 15.8. The number of halogens is 1. The Balaban J connectivity index is 0.00000264. The Bertz CT molecular complexity index is 594. The Labute approximate surface area is 159 Å². The first-order valence-corrected chi connectivity index (χ1v) is 8.29. The number of rotatable bonds is 7. The molecule has 0 aliphatic heterocycles. The van der Waals surface area contributed by atoms with Crippen LogP contribution in [0.2, 0.25) is 0 Å². The number of hydrogen-bond acceptors (Lipinski definition) is 3. The standard InChI is InChI=1S/C17H23N3OS.HI/c1-13-10-14(2)12-15(11-13)21-8-7-20-17(18)19-6-5-16-4-3-9-22-16;/h3-4,9-12H,5-8H2,1-2H3,(H3,18,19,20);1H. The van der Waals surface area contributed by atoms with Crippen molar-refractivity contribution < 1.29 is 4.74 Å².